The Morgan fingerprint density at radius 2 is 1.62 bits per heavy atom. The summed E-state index contributed by atoms with van der Waals surface area (Å²) in [6.07, 6.45) is 4.40. The van der Waals surface area contributed by atoms with Crippen LogP contribution in [0, 0.1) is 11.3 Å². The maximum absolute atomic E-state index is 13.0. The van der Waals surface area contributed by atoms with E-state index in [0.29, 0.717) is 23.9 Å². The highest BCUT2D eigenvalue weighted by molar-refractivity contribution is 6.05. The number of nitrogens with two attached hydrogens (primary N) is 1. The number of amides is 3. The van der Waals surface area contributed by atoms with Crippen molar-refractivity contribution in [1.82, 2.24) is 15.1 Å². The third-order valence-corrected chi connectivity index (χ3v) is 9.83. The fraction of sp³-hybridized carbons (Fsp3) is 0.516. The molecule has 3 amide bonds. The van der Waals surface area contributed by atoms with Crippen LogP contribution < -0.4 is 20.9 Å². The Labute approximate surface area is 235 Å². The standard InChI is InChI=1S/C31H38N6O3/c32-23-1-3-24(4-2-23)35-12-9-21(10-13-35)16-34-14-11-31(18-34)19-36(20-31)25-5-6-26-22(15-25)17-37(30(26)40)27-7-8-28(38)33-29(27)39/h1-6,15,21,27H,7-14,16-20,32H2,(H,33,38,39). The van der Waals surface area contributed by atoms with Crippen LogP contribution in [0.4, 0.5) is 17.1 Å². The van der Waals surface area contributed by atoms with Crippen molar-refractivity contribution in [1.29, 1.82) is 0 Å². The molecule has 5 aliphatic heterocycles. The first-order valence-corrected chi connectivity index (χ1v) is 14.7. The summed E-state index contributed by atoms with van der Waals surface area (Å²) >= 11 is 0. The zero-order valence-electron chi connectivity index (χ0n) is 23.0. The summed E-state index contributed by atoms with van der Waals surface area (Å²) in [5.41, 5.74) is 11.1. The van der Waals surface area contributed by atoms with Gasteiger partial charge in [-0.15, -0.1) is 0 Å². The lowest BCUT2D eigenvalue weighted by molar-refractivity contribution is -0.136. The molecule has 5 heterocycles. The number of piperidine rings is 2. The van der Waals surface area contributed by atoms with Gasteiger partial charge in [0.15, 0.2) is 0 Å². The SMILES string of the molecule is Nc1ccc(N2CCC(CN3CCC4(C3)CN(c3ccc5c(c3)CN(C3CCC(=O)NC3=O)C5=O)C4)CC2)cc1. The van der Waals surface area contributed by atoms with E-state index in [1.807, 2.05) is 18.2 Å². The number of carbonyl (C=O) groups is 3. The number of nitrogens with one attached hydrogen (secondary N) is 1. The predicted molar refractivity (Wildman–Crippen MR) is 154 cm³/mol. The van der Waals surface area contributed by atoms with E-state index >= 15 is 0 Å². The highest BCUT2D eigenvalue weighted by atomic mass is 16.2. The molecule has 9 nitrogen and oxygen atoms in total. The van der Waals surface area contributed by atoms with Gasteiger partial charge in [0.25, 0.3) is 5.91 Å². The number of fused-ring (bicyclic) bond motifs is 1. The highest BCUT2D eigenvalue weighted by Gasteiger charge is 2.48. The number of hydrogen-bond acceptors (Lipinski definition) is 7. The molecule has 210 valence electrons. The number of nitrogens with zero attached hydrogens (tertiary/aromatic N) is 4. The Balaban J connectivity index is 0.909. The molecule has 7 rings (SSSR count). The molecular formula is C31H38N6O3. The van der Waals surface area contributed by atoms with E-state index in [2.05, 4.69) is 44.3 Å². The Morgan fingerprint density at radius 3 is 2.38 bits per heavy atom. The maximum Gasteiger partial charge on any atom is 0.255 e. The van der Waals surface area contributed by atoms with Gasteiger partial charge in [-0.25, -0.2) is 0 Å². The number of hydrogen-bond donors (Lipinski definition) is 2. The zero-order valence-corrected chi connectivity index (χ0v) is 23.0. The van der Waals surface area contributed by atoms with Crippen LogP contribution >= 0.6 is 0 Å². The molecule has 0 saturated carbocycles. The van der Waals surface area contributed by atoms with Crippen molar-refractivity contribution in [3.8, 4) is 0 Å². The lowest BCUT2D eigenvalue weighted by atomic mass is 9.78. The van der Waals surface area contributed by atoms with E-state index in [4.69, 9.17) is 5.73 Å². The van der Waals surface area contributed by atoms with E-state index in [0.717, 1.165) is 49.0 Å². The van der Waals surface area contributed by atoms with Crippen LogP contribution in [0.2, 0.25) is 0 Å². The van der Waals surface area contributed by atoms with Crippen molar-refractivity contribution in [2.75, 3.05) is 61.3 Å². The van der Waals surface area contributed by atoms with Crippen LogP contribution in [0.25, 0.3) is 0 Å². The molecule has 4 fully saturated rings. The molecule has 1 atom stereocenters. The first-order chi connectivity index (χ1) is 19.4. The Hall–Kier alpha value is -3.59. The minimum atomic E-state index is -0.567. The number of rotatable bonds is 5. The molecule has 4 saturated heterocycles. The number of nitrogen functional groups attached to an aromatic ring is 1. The molecule has 0 bridgehead atoms. The van der Waals surface area contributed by atoms with E-state index in [1.165, 1.54) is 44.6 Å². The predicted octanol–water partition coefficient (Wildman–Crippen LogP) is 2.46. The molecule has 3 N–H and O–H groups in total. The molecule has 0 radical (unpaired) electrons. The number of benzene rings is 2. The minimum absolute atomic E-state index is 0.109. The van der Waals surface area contributed by atoms with E-state index in [1.54, 1.807) is 4.90 Å². The van der Waals surface area contributed by atoms with Crippen molar-refractivity contribution < 1.29 is 14.4 Å². The van der Waals surface area contributed by atoms with E-state index < -0.39 is 6.04 Å². The normalized spacial score (nSPS) is 24.9. The minimum Gasteiger partial charge on any atom is -0.399 e. The fourth-order valence-electron chi connectivity index (χ4n) is 7.57. The summed E-state index contributed by atoms with van der Waals surface area (Å²) in [6.45, 7) is 8.34. The Kier molecular flexibility index (Phi) is 6.22. The van der Waals surface area contributed by atoms with Crippen LogP contribution in [0.5, 0.6) is 0 Å². The van der Waals surface area contributed by atoms with Crippen LogP contribution in [-0.4, -0.2) is 79.4 Å². The average molecular weight is 543 g/mol. The molecule has 9 heteroatoms. The number of imide groups is 1. The van der Waals surface area contributed by atoms with Gasteiger partial charge in [0.05, 0.1) is 0 Å². The molecule has 2 aromatic carbocycles. The average Bonchev–Trinajstić information content (AvgIpc) is 3.50. The van der Waals surface area contributed by atoms with E-state index in [9.17, 15) is 14.4 Å². The van der Waals surface area contributed by atoms with Crippen molar-refractivity contribution in [2.24, 2.45) is 11.3 Å². The van der Waals surface area contributed by atoms with Crippen molar-refractivity contribution in [2.45, 2.75) is 44.7 Å². The molecule has 5 aliphatic rings. The second kappa shape index (κ2) is 9.80. The van der Waals surface area contributed by atoms with Crippen molar-refractivity contribution >= 4 is 34.8 Å². The Bertz CT molecular complexity index is 1330. The molecule has 2 aromatic rings. The van der Waals surface area contributed by atoms with Gasteiger partial charge in [-0.1, -0.05) is 0 Å². The second-order valence-corrected chi connectivity index (χ2v) is 12.6. The van der Waals surface area contributed by atoms with Gasteiger partial charge < -0.3 is 25.3 Å². The smallest absolute Gasteiger partial charge is 0.255 e. The van der Waals surface area contributed by atoms with Gasteiger partial charge in [-0.2, -0.15) is 0 Å². The second-order valence-electron chi connectivity index (χ2n) is 12.6. The molecule has 1 spiro atoms. The third kappa shape index (κ3) is 4.60. The largest absolute Gasteiger partial charge is 0.399 e. The van der Waals surface area contributed by atoms with Crippen molar-refractivity contribution in [3.63, 3.8) is 0 Å². The van der Waals surface area contributed by atoms with Gasteiger partial charge in [-0.05, 0) is 86.2 Å². The van der Waals surface area contributed by atoms with Gasteiger partial charge in [0.1, 0.15) is 6.04 Å². The van der Waals surface area contributed by atoms with Gasteiger partial charge in [0, 0.05) is 80.3 Å². The summed E-state index contributed by atoms with van der Waals surface area (Å²) in [6, 6.07) is 13.8. The summed E-state index contributed by atoms with van der Waals surface area (Å²) in [5.74, 6) is 0.0323. The number of likely N-dealkylation sites (tertiary alicyclic amines) is 1. The molecule has 0 aromatic heterocycles. The lowest BCUT2D eigenvalue weighted by Crippen LogP contribution is -2.58. The van der Waals surface area contributed by atoms with Crippen molar-refractivity contribution in [3.05, 3.63) is 53.6 Å². The molecular weight excluding hydrogens is 504 g/mol. The topological polar surface area (TPSA) is 102 Å². The Morgan fingerprint density at radius 1 is 0.875 bits per heavy atom. The first-order valence-electron chi connectivity index (χ1n) is 14.7. The lowest BCUT2D eigenvalue weighted by Gasteiger charge is -2.50. The number of anilines is 3. The maximum atomic E-state index is 13.0. The summed E-state index contributed by atoms with van der Waals surface area (Å²) < 4.78 is 0. The van der Waals surface area contributed by atoms with Crippen LogP contribution in [0.15, 0.2) is 42.5 Å². The van der Waals surface area contributed by atoms with Gasteiger partial charge >= 0.3 is 0 Å². The first kappa shape index (κ1) is 25.4. The highest BCUT2D eigenvalue weighted by Crippen LogP contribution is 2.43. The van der Waals surface area contributed by atoms with Crippen LogP contribution in [0.3, 0.4) is 0 Å². The zero-order chi connectivity index (χ0) is 27.4. The molecule has 1 unspecified atom stereocenters. The van der Waals surface area contributed by atoms with Gasteiger partial charge in [0.2, 0.25) is 11.8 Å². The van der Waals surface area contributed by atoms with Crippen LogP contribution in [-0.2, 0) is 16.1 Å². The molecule has 0 aliphatic carbocycles. The van der Waals surface area contributed by atoms with Gasteiger partial charge in [-0.3, -0.25) is 19.7 Å². The molecule has 40 heavy (non-hydrogen) atoms. The number of carbonyl (C=O) groups excluding carboxylic acids is 3. The summed E-state index contributed by atoms with van der Waals surface area (Å²) in [7, 11) is 0. The third-order valence-electron chi connectivity index (χ3n) is 9.83. The quantitative estimate of drug-likeness (QED) is 0.442. The summed E-state index contributed by atoms with van der Waals surface area (Å²) in [5, 5.41) is 2.38. The fourth-order valence-corrected chi connectivity index (χ4v) is 7.57. The summed E-state index contributed by atoms with van der Waals surface area (Å²) in [4.78, 5) is 46.2. The van der Waals surface area contributed by atoms with Crippen LogP contribution in [0.1, 0.15) is 48.0 Å². The monoisotopic (exact) mass is 542 g/mol. The van der Waals surface area contributed by atoms with E-state index in [-0.39, 0.29) is 24.1 Å².